The lowest BCUT2D eigenvalue weighted by atomic mass is 10.5. The summed E-state index contributed by atoms with van der Waals surface area (Å²) in [7, 11) is 2.11. The lowest BCUT2D eigenvalue weighted by molar-refractivity contribution is 0.334. The molecule has 74 valence electrons. The number of imidazole rings is 1. The molecule has 1 N–H and O–H groups in total. The second-order valence-corrected chi connectivity index (χ2v) is 3.72. The zero-order valence-electron chi connectivity index (χ0n) is 8.50. The topological polar surface area (TPSA) is 24.0 Å². The van der Waals surface area contributed by atoms with E-state index in [9.17, 15) is 0 Å². The van der Waals surface area contributed by atoms with Gasteiger partial charge < -0.3 is 14.5 Å². The summed E-state index contributed by atoms with van der Waals surface area (Å²) in [6, 6.07) is 0. The van der Waals surface area contributed by atoms with Gasteiger partial charge in [0.15, 0.2) is 4.77 Å². The first kappa shape index (κ1) is 10.5. The van der Waals surface area contributed by atoms with Crippen LogP contribution in [0.4, 0.5) is 0 Å². The Morgan fingerprint density at radius 2 is 2.31 bits per heavy atom. The summed E-state index contributed by atoms with van der Waals surface area (Å²) >= 11 is 5.15. The molecule has 0 bridgehead atoms. The van der Waals surface area contributed by atoms with Crippen LogP contribution in [0.3, 0.4) is 0 Å². The second-order valence-electron chi connectivity index (χ2n) is 3.33. The average molecular weight is 199 g/mol. The van der Waals surface area contributed by atoms with Crippen LogP contribution >= 0.6 is 12.2 Å². The summed E-state index contributed by atoms with van der Waals surface area (Å²) in [6.45, 7) is 7.27. The molecule has 0 fully saturated rings. The second kappa shape index (κ2) is 4.58. The molecule has 1 rings (SSSR count). The highest BCUT2D eigenvalue weighted by Gasteiger charge is 1.98. The Kier molecular flexibility index (Phi) is 3.69. The van der Waals surface area contributed by atoms with Gasteiger partial charge in [0.05, 0.1) is 0 Å². The first-order valence-electron chi connectivity index (χ1n) is 4.58. The lowest BCUT2D eigenvalue weighted by Crippen LogP contribution is -2.22. The van der Waals surface area contributed by atoms with Crippen LogP contribution in [0.15, 0.2) is 6.20 Å². The Morgan fingerprint density at radius 1 is 1.62 bits per heavy atom. The summed E-state index contributed by atoms with van der Waals surface area (Å²) in [5.41, 5.74) is 1.13. The largest absolute Gasteiger partial charge is 0.335 e. The Labute approximate surface area is 84.4 Å². The van der Waals surface area contributed by atoms with Gasteiger partial charge in [0.2, 0.25) is 0 Å². The summed E-state index contributed by atoms with van der Waals surface area (Å²) in [6.07, 6.45) is 2.06. The maximum Gasteiger partial charge on any atom is 0.177 e. The Balaban J connectivity index is 2.54. The van der Waals surface area contributed by atoms with Crippen LogP contribution < -0.4 is 0 Å². The molecule has 0 saturated carbocycles. The molecular weight excluding hydrogens is 182 g/mol. The minimum Gasteiger partial charge on any atom is -0.335 e. The monoisotopic (exact) mass is 199 g/mol. The van der Waals surface area contributed by atoms with E-state index in [-0.39, 0.29) is 0 Å². The van der Waals surface area contributed by atoms with Crippen LogP contribution in [-0.4, -0.2) is 34.6 Å². The van der Waals surface area contributed by atoms with E-state index >= 15 is 0 Å². The van der Waals surface area contributed by atoms with Crippen molar-refractivity contribution in [2.45, 2.75) is 20.4 Å². The van der Waals surface area contributed by atoms with Crippen LogP contribution in [-0.2, 0) is 6.54 Å². The Morgan fingerprint density at radius 3 is 2.77 bits per heavy atom. The van der Waals surface area contributed by atoms with Gasteiger partial charge in [0.1, 0.15) is 0 Å². The number of aromatic amines is 1. The smallest absolute Gasteiger partial charge is 0.177 e. The highest BCUT2D eigenvalue weighted by atomic mass is 32.1. The van der Waals surface area contributed by atoms with Crippen molar-refractivity contribution in [3.8, 4) is 0 Å². The van der Waals surface area contributed by atoms with Crippen LogP contribution in [0.1, 0.15) is 12.6 Å². The van der Waals surface area contributed by atoms with Crippen molar-refractivity contribution in [3.63, 3.8) is 0 Å². The van der Waals surface area contributed by atoms with Crippen LogP contribution in [0, 0.1) is 11.7 Å². The predicted octanol–water partition coefficient (Wildman–Crippen LogP) is 1.81. The first-order valence-corrected chi connectivity index (χ1v) is 4.99. The normalized spacial score (nSPS) is 11.1. The predicted molar refractivity (Wildman–Crippen MR) is 57.5 cm³/mol. The molecule has 0 spiro atoms. The SMILES string of the molecule is CCN(C)CCn1cc(C)[nH]c1=S. The first-order chi connectivity index (χ1) is 6.13. The summed E-state index contributed by atoms with van der Waals surface area (Å²) in [4.78, 5) is 5.38. The summed E-state index contributed by atoms with van der Waals surface area (Å²) in [5, 5.41) is 0. The number of nitrogens with zero attached hydrogens (tertiary/aromatic N) is 2. The van der Waals surface area contributed by atoms with Gasteiger partial charge in [-0.3, -0.25) is 0 Å². The number of nitrogens with one attached hydrogen (secondary N) is 1. The summed E-state index contributed by atoms with van der Waals surface area (Å²) in [5.74, 6) is 0. The number of aryl methyl sites for hydroxylation is 1. The molecule has 1 aromatic heterocycles. The molecule has 0 atom stereocenters. The quantitative estimate of drug-likeness (QED) is 0.748. The van der Waals surface area contributed by atoms with E-state index in [2.05, 4.69) is 34.6 Å². The minimum atomic E-state index is 0.821. The molecule has 4 heteroatoms. The fourth-order valence-corrected chi connectivity index (χ4v) is 1.47. The number of H-pyrrole nitrogens is 1. The van der Waals surface area contributed by atoms with Gasteiger partial charge in [0, 0.05) is 25.0 Å². The molecule has 0 radical (unpaired) electrons. The molecule has 0 aromatic carbocycles. The van der Waals surface area contributed by atoms with Crippen molar-refractivity contribution < 1.29 is 0 Å². The van der Waals surface area contributed by atoms with Crippen molar-refractivity contribution in [2.24, 2.45) is 0 Å². The Hall–Kier alpha value is -0.610. The number of rotatable bonds is 4. The minimum absolute atomic E-state index is 0.821. The van der Waals surface area contributed by atoms with Gasteiger partial charge in [-0.1, -0.05) is 6.92 Å². The van der Waals surface area contributed by atoms with E-state index < -0.39 is 0 Å². The lowest BCUT2D eigenvalue weighted by Gasteiger charge is -2.13. The average Bonchev–Trinajstić information content (AvgIpc) is 2.41. The van der Waals surface area contributed by atoms with Gasteiger partial charge in [-0.05, 0) is 32.7 Å². The molecule has 1 heterocycles. The van der Waals surface area contributed by atoms with Crippen LogP contribution in [0.5, 0.6) is 0 Å². The number of hydrogen-bond acceptors (Lipinski definition) is 2. The van der Waals surface area contributed by atoms with Crippen LogP contribution in [0.2, 0.25) is 0 Å². The summed E-state index contributed by atoms with van der Waals surface area (Å²) < 4.78 is 2.90. The highest BCUT2D eigenvalue weighted by Crippen LogP contribution is 1.97. The molecule has 0 aliphatic heterocycles. The third-order valence-corrected chi connectivity index (χ3v) is 2.51. The zero-order valence-corrected chi connectivity index (χ0v) is 9.32. The van der Waals surface area contributed by atoms with E-state index in [0.29, 0.717) is 0 Å². The Bertz CT molecular complexity index is 313. The third-order valence-electron chi connectivity index (χ3n) is 2.18. The van der Waals surface area contributed by atoms with E-state index in [4.69, 9.17) is 12.2 Å². The van der Waals surface area contributed by atoms with Crippen molar-refractivity contribution in [1.29, 1.82) is 0 Å². The van der Waals surface area contributed by atoms with Gasteiger partial charge in [-0.2, -0.15) is 0 Å². The van der Waals surface area contributed by atoms with Crippen LogP contribution in [0.25, 0.3) is 0 Å². The van der Waals surface area contributed by atoms with E-state index in [1.54, 1.807) is 0 Å². The number of likely N-dealkylation sites (N-methyl/N-ethyl adjacent to an activating group) is 1. The molecule has 0 aliphatic carbocycles. The van der Waals surface area contributed by atoms with E-state index in [1.165, 1.54) is 0 Å². The zero-order chi connectivity index (χ0) is 9.84. The van der Waals surface area contributed by atoms with Crippen molar-refractivity contribution in [3.05, 3.63) is 16.7 Å². The number of aromatic nitrogens is 2. The molecular formula is C9H17N3S. The van der Waals surface area contributed by atoms with E-state index in [0.717, 1.165) is 30.1 Å². The standard InChI is InChI=1S/C9H17N3S/c1-4-11(3)5-6-12-7-8(2)10-9(12)13/h7H,4-6H2,1-3H3,(H,10,13). The molecule has 3 nitrogen and oxygen atoms in total. The molecule has 0 unspecified atom stereocenters. The molecule has 1 aromatic rings. The van der Waals surface area contributed by atoms with Crippen molar-refractivity contribution in [1.82, 2.24) is 14.5 Å². The molecule has 0 amide bonds. The molecule has 13 heavy (non-hydrogen) atoms. The number of hydrogen-bond donors (Lipinski definition) is 1. The molecule has 0 saturated heterocycles. The van der Waals surface area contributed by atoms with Gasteiger partial charge in [0.25, 0.3) is 0 Å². The van der Waals surface area contributed by atoms with Crippen molar-refractivity contribution in [2.75, 3.05) is 20.1 Å². The molecule has 0 aliphatic rings. The van der Waals surface area contributed by atoms with Gasteiger partial charge in [-0.15, -0.1) is 0 Å². The van der Waals surface area contributed by atoms with E-state index in [1.807, 2.05) is 6.92 Å². The highest BCUT2D eigenvalue weighted by molar-refractivity contribution is 7.71. The maximum absolute atomic E-state index is 5.15. The van der Waals surface area contributed by atoms with Gasteiger partial charge >= 0.3 is 0 Å². The van der Waals surface area contributed by atoms with Gasteiger partial charge in [-0.25, -0.2) is 0 Å². The fraction of sp³-hybridized carbons (Fsp3) is 0.667. The van der Waals surface area contributed by atoms with Crippen molar-refractivity contribution >= 4 is 12.2 Å². The third kappa shape index (κ3) is 2.97. The maximum atomic E-state index is 5.15. The fourth-order valence-electron chi connectivity index (χ4n) is 1.17.